The molecule has 0 fully saturated rings. The van der Waals surface area contributed by atoms with E-state index in [1.165, 1.54) is 6.07 Å². The van der Waals surface area contributed by atoms with Crippen LogP contribution in [0.1, 0.15) is 16.7 Å². The van der Waals surface area contributed by atoms with E-state index in [0.717, 1.165) is 16.7 Å². The summed E-state index contributed by atoms with van der Waals surface area (Å²) in [6.45, 7) is 3.05. The van der Waals surface area contributed by atoms with E-state index in [1.807, 2.05) is 44.3 Å². The van der Waals surface area contributed by atoms with Crippen LogP contribution >= 0.6 is 0 Å². The second kappa shape index (κ2) is 6.34. The van der Waals surface area contributed by atoms with Gasteiger partial charge in [-0.05, 0) is 42.8 Å². The van der Waals surface area contributed by atoms with Crippen molar-refractivity contribution in [3.05, 3.63) is 65.0 Å². The molecule has 3 heteroatoms. The third-order valence-electron chi connectivity index (χ3n) is 3.02. The Morgan fingerprint density at radius 1 is 1.16 bits per heavy atom. The number of hydrogen-bond donors (Lipinski definition) is 1. The molecule has 0 saturated heterocycles. The molecule has 0 radical (unpaired) electrons. The molecule has 2 rings (SSSR count). The van der Waals surface area contributed by atoms with Gasteiger partial charge in [-0.25, -0.2) is 4.39 Å². The average molecular weight is 259 g/mol. The van der Waals surface area contributed by atoms with Gasteiger partial charge in [0.25, 0.3) is 0 Å². The van der Waals surface area contributed by atoms with Gasteiger partial charge in [0.1, 0.15) is 6.61 Å². The number of rotatable bonds is 5. The largest absolute Gasteiger partial charge is 0.486 e. The van der Waals surface area contributed by atoms with E-state index >= 15 is 0 Å². The zero-order valence-corrected chi connectivity index (χ0v) is 11.2. The van der Waals surface area contributed by atoms with E-state index in [0.29, 0.717) is 18.9 Å². The highest BCUT2D eigenvalue weighted by atomic mass is 19.1. The van der Waals surface area contributed by atoms with Crippen molar-refractivity contribution >= 4 is 0 Å². The fourth-order valence-corrected chi connectivity index (χ4v) is 1.90. The summed E-state index contributed by atoms with van der Waals surface area (Å²) in [5, 5.41) is 2.99. The highest BCUT2D eigenvalue weighted by Crippen LogP contribution is 2.20. The van der Waals surface area contributed by atoms with Crippen molar-refractivity contribution in [2.75, 3.05) is 7.05 Å². The topological polar surface area (TPSA) is 21.3 Å². The van der Waals surface area contributed by atoms with E-state index < -0.39 is 0 Å². The van der Waals surface area contributed by atoms with Gasteiger partial charge in [0.2, 0.25) is 0 Å². The molecule has 19 heavy (non-hydrogen) atoms. The van der Waals surface area contributed by atoms with Gasteiger partial charge in [-0.15, -0.1) is 0 Å². The standard InChI is InChI=1S/C16H18FNO/c1-12-5-3-4-6-14(12)11-19-16-8-7-13(10-18-2)9-15(16)17/h3-9,18H,10-11H2,1-2H3. The van der Waals surface area contributed by atoms with Crippen LogP contribution in [0.4, 0.5) is 4.39 Å². The first kappa shape index (κ1) is 13.6. The molecule has 0 saturated carbocycles. The minimum Gasteiger partial charge on any atom is -0.486 e. The summed E-state index contributed by atoms with van der Waals surface area (Å²) in [5.74, 6) is -0.0237. The maximum atomic E-state index is 13.8. The van der Waals surface area contributed by atoms with Crippen LogP contribution in [0.25, 0.3) is 0 Å². The first-order valence-electron chi connectivity index (χ1n) is 6.31. The molecule has 0 aliphatic rings. The zero-order chi connectivity index (χ0) is 13.7. The number of ether oxygens (including phenoxy) is 1. The lowest BCUT2D eigenvalue weighted by atomic mass is 10.1. The monoisotopic (exact) mass is 259 g/mol. The lowest BCUT2D eigenvalue weighted by molar-refractivity contribution is 0.289. The van der Waals surface area contributed by atoms with Crippen LogP contribution in [-0.4, -0.2) is 7.05 Å². The molecule has 0 atom stereocenters. The number of aryl methyl sites for hydroxylation is 1. The van der Waals surface area contributed by atoms with Crippen molar-refractivity contribution in [2.24, 2.45) is 0 Å². The molecule has 2 aromatic carbocycles. The first-order valence-corrected chi connectivity index (χ1v) is 6.31. The molecule has 1 N–H and O–H groups in total. The van der Waals surface area contributed by atoms with Gasteiger partial charge < -0.3 is 10.1 Å². The third-order valence-corrected chi connectivity index (χ3v) is 3.02. The molecule has 0 heterocycles. The summed E-state index contributed by atoms with van der Waals surface area (Å²) >= 11 is 0. The van der Waals surface area contributed by atoms with Crippen LogP contribution in [0.2, 0.25) is 0 Å². The molecule has 0 aromatic heterocycles. The molecule has 100 valence electrons. The second-order valence-electron chi connectivity index (χ2n) is 4.51. The predicted octanol–water partition coefficient (Wildman–Crippen LogP) is 3.43. The molecule has 2 nitrogen and oxygen atoms in total. The van der Waals surface area contributed by atoms with Gasteiger partial charge in [-0.1, -0.05) is 30.3 Å². The molecule has 0 aliphatic carbocycles. The number of hydrogen-bond acceptors (Lipinski definition) is 2. The summed E-state index contributed by atoms with van der Waals surface area (Å²) < 4.78 is 19.4. The van der Waals surface area contributed by atoms with Crippen molar-refractivity contribution in [3.63, 3.8) is 0 Å². The Kier molecular flexibility index (Phi) is 4.53. The predicted molar refractivity (Wildman–Crippen MR) is 74.7 cm³/mol. The Balaban J connectivity index is 2.06. The lowest BCUT2D eigenvalue weighted by Gasteiger charge is -2.10. The molecule has 0 amide bonds. The average Bonchev–Trinajstić information content (AvgIpc) is 2.40. The fourth-order valence-electron chi connectivity index (χ4n) is 1.90. The van der Waals surface area contributed by atoms with Crippen LogP contribution in [0, 0.1) is 12.7 Å². The Morgan fingerprint density at radius 3 is 2.63 bits per heavy atom. The van der Waals surface area contributed by atoms with E-state index in [2.05, 4.69) is 5.32 Å². The van der Waals surface area contributed by atoms with Gasteiger partial charge in [0.05, 0.1) is 0 Å². The van der Waals surface area contributed by atoms with E-state index in [9.17, 15) is 4.39 Å². The summed E-state index contributed by atoms with van der Waals surface area (Å²) in [7, 11) is 1.83. The molecule has 0 unspecified atom stereocenters. The summed E-state index contributed by atoms with van der Waals surface area (Å²) in [6.07, 6.45) is 0. The molecular formula is C16H18FNO. The van der Waals surface area contributed by atoms with Crippen LogP contribution in [-0.2, 0) is 13.2 Å². The second-order valence-corrected chi connectivity index (χ2v) is 4.51. The normalized spacial score (nSPS) is 10.5. The van der Waals surface area contributed by atoms with Gasteiger partial charge in [-0.2, -0.15) is 0 Å². The fraction of sp³-hybridized carbons (Fsp3) is 0.250. The number of benzene rings is 2. The van der Waals surface area contributed by atoms with Crippen LogP contribution in [0.5, 0.6) is 5.75 Å². The minimum atomic E-state index is -0.318. The highest BCUT2D eigenvalue weighted by molar-refractivity contribution is 5.30. The number of nitrogens with one attached hydrogen (secondary N) is 1. The smallest absolute Gasteiger partial charge is 0.165 e. The summed E-state index contributed by atoms with van der Waals surface area (Å²) in [6, 6.07) is 13.0. The Labute approximate surface area is 113 Å². The molecule has 0 aliphatic heterocycles. The third kappa shape index (κ3) is 3.55. The van der Waals surface area contributed by atoms with Crippen LogP contribution in [0.15, 0.2) is 42.5 Å². The van der Waals surface area contributed by atoms with Crippen molar-refractivity contribution in [1.29, 1.82) is 0 Å². The number of halogens is 1. The van der Waals surface area contributed by atoms with Crippen LogP contribution < -0.4 is 10.1 Å². The van der Waals surface area contributed by atoms with Crippen molar-refractivity contribution < 1.29 is 9.13 Å². The zero-order valence-electron chi connectivity index (χ0n) is 11.2. The van der Waals surface area contributed by atoms with E-state index in [-0.39, 0.29) is 5.82 Å². The SMILES string of the molecule is CNCc1ccc(OCc2ccccc2C)c(F)c1. The Hall–Kier alpha value is -1.87. The quantitative estimate of drug-likeness (QED) is 0.888. The summed E-state index contributed by atoms with van der Waals surface area (Å²) in [4.78, 5) is 0. The van der Waals surface area contributed by atoms with E-state index in [1.54, 1.807) is 6.07 Å². The van der Waals surface area contributed by atoms with Crippen molar-refractivity contribution in [2.45, 2.75) is 20.1 Å². The van der Waals surface area contributed by atoms with Crippen molar-refractivity contribution in [3.8, 4) is 5.75 Å². The van der Waals surface area contributed by atoms with Gasteiger partial charge in [-0.3, -0.25) is 0 Å². The van der Waals surface area contributed by atoms with Crippen LogP contribution in [0.3, 0.4) is 0 Å². The molecular weight excluding hydrogens is 241 g/mol. The summed E-state index contributed by atoms with van der Waals surface area (Å²) in [5.41, 5.74) is 3.12. The van der Waals surface area contributed by atoms with Crippen molar-refractivity contribution in [1.82, 2.24) is 5.32 Å². The molecule has 0 bridgehead atoms. The van der Waals surface area contributed by atoms with Gasteiger partial charge in [0, 0.05) is 6.54 Å². The Morgan fingerprint density at radius 2 is 1.95 bits per heavy atom. The molecule has 0 spiro atoms. The van der Waals surface area contributed by atoms with Gasteiger partial charge in [0.15, 0.2) is 11.6 Å². The maximum Gasteiger partial charge on any atom is 0.165 e. The molecule has 2 aromatic rings. The van der Waals surface area contributed by atoms with E-state index in [4.69, 9.17) is 4.74 Å². The maximum absolute atomic E-state index is 13.8. The highest BCUT2D eigenvalue weighted by Gasteiger charge is 2.05. The minimum absolute atomic E-state index is 0.295. The van der Waals surface area contributed by atoms with Gasteiger partial charge >= 0.3 is 0 Å². The Bertz CT molecular complexity index is 554. The lowest BCUT2D eigenvalue weighted by Crippen LogP contribution is -2.06. The first-order chi connectivity index (χ1) is 9.20.